The number of hydrogen-bond acceptors (Lipinski definition) is 6. The maximum absolute atomic E-state index is 14.0. The first-order valence-electron chi connectivity index (χ1n) is 15.3. The van der Waals surface area contributed by atoms with Gasteiger partial charge in [0.1, 0.15) is 6.04 Å². The van der Waals surface area contributed by atoms with E-state index in [0.29, 0.717) is 41.4 Å². The number of likely N-dealkylation sites (N-methyl/N-ethyl adjacent to an activating group) is 1. The number of hydrogen-bond donors (Lipinski definition) is 2. The van der Waals surface area contributed by atoms with Crippen LogP contribution in [0.3, 0.4) is 0 Å². The molecule has 2 saturated carbocycles. The van der Waals surface area contributed by atoms with E-state index in [-0.39, 0.29) is 41.5 Å². The first-order valence-corrected chi connectivity index (χ1v) is 16.5. The van der Waals surface area contributed by atoms with Crippen LogP contribution in [0.1, 0.15) is 74.5 Å². The molecule has 4 aliphatic rings. The van der Waals surface area contributed by atoms with Crippen molar-refractivity contribution in [2.75, 3.05) is 39.8 Å². The van der Waals surface area contributed by atoms with Crippen molar-refractivity contribution in [1.82, 2.24) is 20.4 Å². The highest BCUT2D eigenvalue weighted by molar-refractivity contribution is 7.18. The summed E-state index contributed by atoms with van der Waals surface area (Å²) in [4.78, 5) is 57.8. The first kappa shape index (κ1) is 31.3. The molecule has 4 amide bonds. The number of carbonyl (C=O) groups is 4. The van der Waals surface area contributed by atoms with Crippen LogP contribution in [0, 0.1) is 35.5 Å². The Kier molecular flexibility index (Phi) is 8.99. The molecule has 4 fully saturated rings. The molecule has 4 atom stereocenters. The van der Waals surface area contributed by atoms with Crippen molar-refractivity contribution in [2.24, 2.45) is 28.6 Å². The normalized spacial score (nSPS) is 26.0. The lowest BCUT2D eigenvalue weighted by Gasteiger charge is -2.50. The van der Waals surface area contributed by atoms with Gasteiger partial charge in [0.15, 0.2) is 0 Å². The molecule has 2 aliphatic carbocycles. The van der Waals surface area contributed by atoms with Gasteiger partial charge in [-0.05, 0) is 56.1 Å². The lowest BCUT2D eigenvalue weighted by atomic mass is 9.70. The third-order valence-corrected chi connectivity index (χ3v) is 11.4. The summed E-state index contributed by atoms with van der Waals surface area (Å²) in [5.74, 6) is -0.702. The van der Waals surface area contributed by atoms with Crippen molar-refractivity contribution in [1.29, 1.82) is 0 Å². The zero-order valence-corrected chi connectivity index (χ0v) is 27.0. The summed E-state index contributed by atoms with van der Waals surface area (Å²) < 4.78 is 6.70. The van der Waals surface area contributed by atoms with E-state index in [1.165, 1.54) is 30.6 Å². The van der Waals surface area contributed by atoms with Gasteiger partial charge in [-0.15, -0.1) is 11.3 Å². The maximum Gasteiger partial charge on any atom is 0.264 e. The standard InChI is InChI=1S/C31H45ClN4O5S/c1-18-11-23(32)42-25(18)29(40)35-13-22(31(15-35)16-36(17-31)28(39)21-12-30(21,3)4)26(37)34-24(27(38)33-5)19(2)41-14-20-9-7-6-8-10-20/h11,19-22,24H,6-10,12-17H2,1-5H3,(H,33,38)(H,34,37)/t19-,21-,22+,24+/m1/s1. The minimum absolute atomic E-state index is 0.0111. The predicted molar refractivity (Wildman–Crippen MR) is 162 cm³/mol. The van der Waals surface area contributed by atoms with Gasteiger partial charge in [0.2, 0.25) is 17.7 Å². The Morgan fingerprint density at radius 1 is 1.10 bits per heavy atom. The molecule has 0 unspecified atom stereocenters. The third kappa shape index (κ3) is 6.22. The summed E-state index contributed by atoms with van der Waals surface area (Å²) in [5, 5.41) is 5.66. The minimum atomic E-state index is -0.865. The molecule has 2 N–H and O–H groups in total. The molecule has 2 aliphatic heterocycles. The minimum Gasteiger partial charge on any atom is -0.376 e. The van der Waals surface area contributed by atoms with Gasteiger partial charge in [-0.1, -0.05) is 44.7 Å². The summed E-state index contributed by atoms with van der Waals surface area (Å²) in [5.41, 5.74) is 0.253. The second-order valence-electron chi connectivity index (χ2n) is 13.7. The number of aryl methyl sites for hydroxylation is 1. The zero-order chi connectivity index (χ0) is 30.4. The molecule has 1 aromatic rings. The van der Waals surface area contributed by atoms with Gasteiger partial charge < -0.3 is 25.2 Å². The Morgan fingerprint density at radius 2 is 1.74 bits per heavy atom. The quantitative estimate of drug-likeness (QED) is 0.436. The largest absolute Gasteiger partial charge is 0.376 e. The number of halogens is 1. The molecule has 0 bridgehead atoms. The fraction of sp³-hybridized carbons (Fsp3) is 0.742. The summed E-state index contributed by atoms with van der Waals surface area (Å²) >= 11 is 7.44. The van der Waals surface area contributed by atoms with E-state index in [9.17, 15) is 19.2 Å². The Morgan fingerprint density at radius 3 is 2.31 bits per heavy atom. The average molecular weight is 621 g/mol. The van der Waals surface area contributed by atoms with Crippen molar-refractivity contribution < 1.29 is 23.9 Å². The number of carbonyl (C=O) groups excluding carboxylic acids is 4. The number of nitrogens with one attached hydrogen (secondary N) is 2. The lowest BCUT2D eigenvalue weighted by Crippen LogP contribution is -2.65. The SMILES string of the molecule is CNC(=O)[C@@H](NC(=O)[C@@H]1CN(C(=O)c2sc(Cl)cc2C)CC12CN(C(=O)[C@H]1CC1(C)C)C2)[C@@H](C)OCC1CCCCC1. The third-order valence-electron chi connectivity index (χ3n) is 10.1. The smallest absolute Gasteiger partial charge is 0.264 e. The van der Waals surface area contributed by atoms with Crippen molar-refractivity contribution >= 4 is 46.6 Å². The number of ether oxygens (including phenoxy) is 1. The summed E-state index contributed by atoms with van der Waals surface area (Å²) in [6, 6.07) is 0.913. The van der Waals surface area contributed by atoms with Crippen molar-refractivity contribution in [3.05, 3.63) is 20.8 Å². The van der Waals surface area contributed by atoms with Crippen molar-refractivity contribution in [2.45, 2.75) is 78.4 Å². The van der Waals surface area contributed by atoms with Crippen molar-refractivity contribution in [3.63, 3.8) is 0 Å². The molecule has 11 heteroatoms. The Balaban J connectivity index is 1.31. The van der Waals surface area contributed by atoms with E-state index in [2.05, 4.69) is 24.5 Å². The van der Waals surface area contributed by atoms with E-state index in [4.69, 9.17) is 16.3 Å². The van der Waals surface area contributed by atoms with E-state index in [1.807, 2.05) is 18.7 Å². The van der Waals surface area contributed by atoms with Crippen LogP contribution in [-0.4, -0.2) is 85.4 Å². The molecule has 3 heterocycles. The van der Waals surface area contributed by atoms with E-state index in [1.54, 1.807) is 18.0 Å². The molecule has 232 valence electrons. The maximum atomic E-state index is 14.0. The van der Waals surface area contributed by atoms with Crippen LogP contribution in [0.25, 0.3) is 0 Å². The summed E-state index contributed by atoms with van der Waals surface area (Å²) in [6.45, 7) is 9.88. The van der Waals surface area contributed by atoms with Crippen LogP contribution < -0.4 is 10.6 Å². The number of thiophene rings is 1. The molecule has 1 aromatic heterocycles. The van der Waals surface area contributed by atoms with Gasteiger partial charge in [0.05, 0.1) is 21.2 Å². The highest BCUT2D eigenvalue weighted by atomic mass is 35.5. The Labute approximate surface area is 258 Å². The van der Waals surface area contributed by atoms with E-state index < -0.39 is 23.5 Å². The monoisotopic (exact) mass is 620 g/mol. The second-order valence-corrected chi connectivity index (χ2v) is 15.4. The molecule has 42 heavy (non-hydrogen) atoms. The molecular weight excluding hydrogens is 576 g/mol. The predicted octanol–water partition coefficient (Wildman–Crippen LogP) is 3.87. The Hall–Kier alpha value is -2.17. The van der Waals surface area contributed by atoms with E-state index >= 15 is 0 Å². The van der Waals surface area contributed by atoms with Gasteiger partial charge in [-0.3, -0.25) is 19.2 Å². The molecule has 0 aromatic carbocycles. The Bertz CT molecular complexity index is 1220. The summed E-state index contributed by atoms with van der Waals surface area (Å²) in [7, 11) is 1.55. The zero-order valence-electron chi connectivity index (χ0n) is 25.5. The van der Waals surface area contributed by atoms with Crippen LogP contribution in [0.5, 0.6) is 0 Å². The van der Waals surface area contributed by atoms with Gasteiger partial charge in [0.25, 0.3) is 5.91 Å². The fourth-order valence-corrected chi connectivity index (χ4v) is 8.39. The molecule has 0 radical (unpaired) electrons. The number of likely N-dealkylation sites (tertiary alicyclic amines) is 2. The van der Waals surface area contributed by atoms with Gasteiger partial charge in [0, 0.05) is 51.2 Å². The van der Waals surface area contributed by atoms with Crippen LogP contribution >= 0.6 is 22.9 Å². The average Bonchev–Trinajstić information content (AvgIpc) is 3.24. The topological polar surface area (TPSA) is 108 Å². The van der Waals surface area contributed by atoms with Gasteiger partial charge in [-0.25, -0.2) is 0 Å². The molecule has 5 rings (SSSR count). The highest BCUT2D eigenvalue weighted by Gasteiger charge is 2.62. The lowest BCUT2D eigenvalue weighted by molar-refractivity contribution is -0.152. The van der Waals surface area contributed by atoms with Gasteiger partial charge in [-0.2, -0.15) is 0 Å². The molecule has 9 nitrogen and oxygen atoms in total. The second kappa shape index (κ2) is 12.1. The summed E-state index contributed by atoms with van der Waals surface area (Å²) in [6.07, 6.45) is 6.26. The number of rotatable bonds is 9. The first-order chi connectivity index (χ1) is 19.8. The van der Waals surface area contributed by atoms with Gasteiger partial charge >= 0.3 is 0 Å². The molecule has 2 saturated heterocycles. The van der Waals surface area contributed by atoms with Crippen LogP contribution in [0.15, 0.2) is 6.07 Å². The highest BCUT2D eigenvalue weighted by Crippen LogP contribution is 2.54. The van der Waals surface area contributed by atoms with Crippen LogP contribution in [0.4, 0.5) is 0 Å². The number of nitrogens with zero attached hydrogens (tertiary/aromatic N) is 2. The fourth-order valence-electron chi connectivity index (χ4n) is 7.13. The van der Waals surface area contributed by atoms with E-state index in [0.717, 1.165) is 24.8 Å². The molecular formula is C31H45ClN4O5S. The van der Waals surface area contributed by atoms with Crippen LogP contribution in [-0.2, 0) is 19.1 Å². The molecule has 1 spiro atoms. The number of amides is 4. The van der Waals surface area contributed by atoms with Crippen molar-refractivity contribution in [3.8, 4) is 0 Å². The van der Waals surface area contributed by atoms with Crippen LogP contribution in [0.2, 0.25) is 4.34 Å².